The molecule has 7 nitrogen and oxygen atoms in total. The molecule has 3 heterocycles. The molecule has 1 aliphatic rings. The van der Waals surface area contributed by atoms with Crippen molar-refractivity contribution in [3.05, 3.63) is 60.0 Å². The fraction of sp³-hybridized carbons (Fsp3) is 0.360. The SMILES string of the molecule is Cc1nc(NC(C)c2cccnc2)nc(N[C@H]2CC[C@@H](CO)C2)c1-c1nc2ccccc2s1. The lowest BCUT2D eigenvalue weighted by Gasteiger charge is -2.20. The standard InChI is InChI=1S/C25H28N6OS/c1-15(18-6-5-11-26-13-18)27-25-28-16(2)22(24-30-20-7-3-4-8-21(20)33-24)23(31-25)29-19-10-9-17(12-19)14-32/h3-8,11,13,15,17,19,32H,9-10,12,14H2,1-2H3,(H2,27,28,29,31)/t15?,17-,19+/m1/s1. The molecule has 1 unspecified atom stereocenters. The van der Waals surface area contributed by atoms with E-state index in [-0.39, 0.29) is 18.7 Å². The molecule has 0 amide bonds. The van der Waals surface area contributed by atoms with Gasteiger partial charge in [0.05, 0.1) is 27.5 Å². The topological polar surface area (TPSA) is 95.9 Å². The van der Waals surface area contributed by atoms with Crippen LogP contribution in [-0.2, 0) is 0 Å². The van der Waals surface area contributed by atoms with Gasteiger partial charge in [-0.1, -0.05) is 18.2 Å². The second-order valence-electron chi connectivity index (χ2n) is 8.70. The number of nitrogens with zero attached hydrogens (tertiary/aromatic N) is 4. The number of nitrogens with one attached hydrogen (secondary N) is 2. The second-order valence-corrected chi connectivity index (χ2v) is 9.73. The smallest absolute Gasteiger partial charge is 0.225 e. The van der Waals surface area contributed by atoms with Crippen molar-refractivity contribution >= 4 is 33.3 Å². The van der Waals surface area contributed by atoms with Crippen molar-refractivity contribution in [3.63, 3.8) is 0 Å². The van der Waals surface area contributed by atoms with E-state index in [1.165, 1.54) is 0 Å². The lowest BCUT2D eigenvalue weighted by atomic mass is 10.1. The van der Waals surface area contributed by atoms with Crippen LogP contribution in [0.15, 0.2) is 48.8 Å². The van der Waals surface area contributed by atoms with Crippen LogP contribution in [-0.4, -0.2) is 37.7 Å². The van der Waals surface area contributed by atoms with Gasteiger partial charge < -0.3 is 15.7 Å². The van der Waals surface area contributed by atoms with E-state index in [4.69, 9.17) is 15.0 Å². The molecule has 0 saturated heterocycles. The molecule has 33 heavy (non-hydrogen) atoms. The first-order chi connectivity index (χ1) is 16.1. The Hall–Kier alpha value is -3.10. The molecule has 3 aromatic heterocycles. The lowest BCUT2D eigenvalue weighted by molar-refractivity contribution is 0.229. The predicted molar refractivity (Wildman–Crippen MR) is 133 cm³/mol. The summed E-state index contributed by atoms with van der Waals surface area (Å²) in [5.41, 5.74) is 3.88. The number of benzene rings is 1. The summed E-state index contributed by atoms with van der Waals surface area (Å²) in [4.78, 5) is 18.8. The lowest BCUT2D eigenvalue weighted by Crippen LogP contribution is -2.19. The van der Waals surface area contributed by atoms with Crippen molar-refractivity contribution < 1.29 is 5.11 Å². The zero-order chi connectivity index (χ0) is 22.8. The van der Waals surface area contributed by atoms with E-state index in [9.17, 15) is 5.11 Å². The van der Waals surface area contributed by atoms with Gasteiger partial charge in [-0.15, -0.1) is 11.3 Å². The highest BCUT2D eigenvalue weighted by atomic mass is 32.1. The number of aryl methyl sites for hydroxylation is 1. The Morgan fingerprint density at radius 2 is 2.00 bits per heavy atom. The van der Waals surface area contributed by atoms with Gasteiger partial charge in [-0.2, -0.15) is 4.98 Å². The number of fused-ring (bicyclic) bond motifs is 1. The zero-order valence-corrected chi connectivity index (χ0v) is 19.6. The van der Waals surface area contributed by atoms with Gasteiger partial charge in [0, 0.05) is 25.0 Å². The number of pyridine rings is 1. The van der Waals surface area contributed by atoms with Gasteiger partial charge in [0.15, 0.2) is 0 Å². The minimum atomic E-state index is 0.0181. The van der Waals surface area contributed by atoms with Crippen LogP contribution in [0.4, 0.5) is 11.8 Å². The summed E-state index contributed by atoms with van der Waals surface area (Å²) in [6.45, 7) is 4.33. The minimum Gasteiger partial charge on any atom is -0.396 e. The molecule has 0 radical (unpaired) electrons. The molecule has 3 N–H and O–H groups in total. The van der Waals surface area contributed by atoms with E-state index in [1.807, 2.05) is 43.5 Å². The fourth-order valence-corrected chi connectivity index (χ4v) is 5.52. The molecule has 4 aromatic rings. The number of hydrogen-bond donors (Lipinski definition) is 3. The van der Waals surface area contributed by atoms with E-state index in [1.54, 1.807) is 17.5 Å². The Morgan fingerprint density at radius 1 is 1.12 bits per heavy atom. The minimum absolute atomic E-state index is 0.0181. The maximum Gasteiger partial charge on any atom is 0.225 e. The molecule has 1 fully saturated rings. The first-order valence-electron chi connectivity index (χ1n) is 11.4. The van der Waals surface area contributed by atoms with Crippen molar-refractivity contribution in [3.8, 4) is 10.6 Å². The molecule has 1 aliphatic carbocycles. The van der Waals surface area contributed by atoms with Gasteiger partial charge in [0.2, 0.25) is 5.95 Å². The Labute approximate surface area is 197 Å². The van der Waals surface area contributed by atoms with E-state index < -0.39 is 0 Å². The van der Waals surface area contributed by atoms with Crippen LogP contribution in [0.2, 0.25) is 0 Å². The van der Waals surface area contributed by atoms with Crippen LogP contribution >= 0.6 is 11.3 Å². The van der Waals surface area contributed by atoms with Gasteiger partial charge in [-0.05, 0) is 62.8 Å². The number of aromatic nitrogens is 4. The maximum absolute atomic E-state index is 9.58. The Bertz CT molecular complexity index is 1210. The van der Waals surface area contributed by atoms with Gasteiger partial charge in [0.1, 0.15) is 10.8 Å². The Balaban J connectivity index is 1.51. The molecule has 8 heteroatoms. The first-order valence-corrected chi connectivity index (χ1v) is 12.2. The van der Waals surface area contributed by atoms with E-state index >= 15 is 0 Å². The number of aliphatic hydroxyl groups is 1. The summed E-state index contributed by atoms with van der Waals surface area (Å²) in [6, 6.07) is 12.4. The number of aliphatic hydroxyl groups excluding tert-OH is 1. The van der Waals surface area contributed by atoms with Gasteiger partial charge in [-0.25, -0.2) is 9.97 Å². The van der Waals surface area contributed by atoms with E-state index in [2.05, 4.69) is 28.6 Å². The van der Waals surface area contributed by atoms with Gasteiger partial charge in [-0.3, -0.25) is 4.98 Å². The zero-order valence-electron chi connectivity index (χ0n) is 18.8. The van der Waals surface area contributed by atoms with Crippen molar-refractivity contribution in [2.75, 3.05) is 17.2 Å². The van der Waals surface area contributed by atoms with Crippen LogP contribution in [0, 0.1) is 12.8 Å². The monoisotopic (exact) mass is 460 g/mol. The molecule has 0 spiro atoms. The average Bonchev–Trinajstić information content (AvgIpc) is 3.46. The van der Waals surface area contributed by atoms with Crippen LogP contribution in [0.1, 0.15) is 43.5 Å². The molecule has 1 aromatic carbocycles. The molecular weight excluding hydrogens is 432 g/mol. The normalized spacial score (nSPS) is 19.0. The van der Waals surface area contributed by atoms with Crippen LogP contribution in [0.25, 0.3) is 20.8 Å². The highest BCUT2D eigenvalue weighted by molar-refractivity contribution is 7.21. The summed E-state index contributed by atoms with van der Waals surface area (Å²) < 4.78 is 1.14. The number of para-hydroxylation sites is 1. The van der Waals surface area contributed by atoms with Crippen LogP contribution in [0.3, 0.4) is 0 Å². The summed E-state index contributed by atoms with van der Waals surface area (Å²) >= 11 is 1.66. The molecule has 0 aliphatic heterocycles. The number of anilines is 2. The quantitative estimate of drug-likeness (QED) is 0.349. The van der Waals surface area contributed by atoms with Crippen molar-refractivity contribution in [2.24, 2.45) is 5.92 Å². The molecule has 170 valence electrons. The molecule has 0 bridgehead atoms. The largest absolute Gasteiger partial charge is 0.396 e. The molecule has 1 saturated carbocycles. The Kier molecular flexibility index (Phi) is 6.20. The fourth-order valence-electron chi connectivity index (χ4n) is 4.45. The summed E-state index contributed by atoms with van der Waals surface area (Å²) in [5, 5.41) is 17.6. The Morgan fingerprint density at radius 3 is 2.76 bits per heavy atom. The predicted octanol–water partition coefficient (Wildman–Crippen LogP) is 5.20. The number of hydrogen-bond acceptors (Lipinski definition) is 8. The highest BCUT2D eigenvalue weighted by Gasteiger charge is 2.27. The van der Waals surface area contributed by atoms with Crippen molar-refractivity contribution in [1.82, 2.24) is 19.9 Å². The molecule has 3 atom stereocenters. The number of rotatable bonds is 7. The highest BCUT2D eigenvalue weighted by Crippen LogP contribution is 2.38. The van der Waals surface area contributed by atoms with Gasteiger partial charge in [0.25, 0.3) is 0 Å². The van der Waals surface area contributed by atoms with E-state index in [0.717, 1.165) is 57.1 Å². The third-order valence-electron chi connectivity index (χ3n) is 6.27. The maximum atomic E-state index is 9.58. The van der Waals surface area contributed by atoms with Crippen LogP contribution < -0.4 is 10.6 Å². The van der Waals surface area contributed by atoms with E-state index in [0.29, 0.717) is 11.9 Å². The average molecular weight is 461 g/mol. The third kappa shape index (κ3) is 4.67. The third-order valence-corrected chi connectivity index (χ3v) is 7.32. The first kappa shape index (κ1) is 21.7. The number of thiazole rings is 1. The summed E-state index contributed by atoms with van der Waals surface area (Å²) in [7, 11) is 0. The second kappa shape index (κ2) is 9.41. The van der Waals surface area contributed by atoms with Crippen LogP contribution in [0.5, 0.6) is 0 Å². The summed E-state index contributed by atoms with van der Waals surface area (Å²) in [5.74, 6) is 1.72. The molecule has 5 rings (SSSR count). The van der Waals surface area contributed by atoms with Crippen molar-refractivity contribution in [1.29, 1.82) is 0 Å². The van der Waals surface area contributed by atoms with Crippen molar-refractivity contribution in [2.45, 2.75) is 45.2 Å². The molecular formula is C25H28N6OS. The summed E-state index contributed by atoms with van der Waals surface area (Å²) in [6.07, 6.45) is 6.60. The van der Waals surface area contributed by atoms with Gasteiger partial charge >= 0.3 is 0 Å².